The quantitative estimate of drug-likeness (QED) is 0.849. The van der Waals surface area contributed by atoms with E-state index < -0.39 is 28.3 Å². The maximum atomic E-state index is 12.3. The number of piperidine rings is 1. The Morgan fingerprint density at radius 2 is 2.30 bits per heavy atom. The molecular weight excluding hydrogens is 284 g/mol. The maximum Gasteiger partial charge on any atom is 0.322 e. The molecule has 1 aliphatic heterocycles. The van der Waals surface area contributed by atoms with E-state index in [2.05, 4.69) is 4.72 Å². The summed E-state index contributed by atoms with van der Waals surface area (Å²) in [6.07, 6.45) is 3.18. The number of furan rings is 1. The molecule has 7 nitrogen and oxygen atoms in total. The lowest BCUT2D eigenvalue weighted by Crippen LogP contribution is -2.52. The molecule has 1 saturated heterocycles. The van der Waals surface area contributed by atoms with E-state index in [0.717, 1.165) is 10.7 Å². The molecule has 1 aromatic heterocycles. The summed E-state index contributed by atoms with van der Waals surface area (Å²) in [5.41, 5.74) is 0. The normalized spacial score (nSPS) is 22.6. The molecule has 2 rings (SSSR count). The van der Waals surface area contributed by atoms with Gasteiger partial charge in [0.05, 0.1) is 12.3 Å². The number of hydrogen-bond donors (Lipinski definition) is 2. The zero-order valence-corrected chi connectivity index (χ0v) is 12.0. The molecule has 0 spiro atoms. The lowest BCUT2D eigenvalue weighted by atomic mass is 10.1. The Morgan fingerprint density at radius 1 is 1.55 bits per heavy atom. The highest BCUT2D eigenvalue weighted by Crippen LogP contribution is 2.22. The van der Waals surface area contributed by atoms with Gasteiger partial charge in [0.2, 0.25) is 0 Å². The van der Waals surface area contributed by atoms with Gasteiger partial charge in [0.25, 0.3) is 10.2 Å². The number of nitrogens with zero attached hydrogens (tertiary/aromatic N) is 1. The summed E-state index contributed by atoms with van der Waals surface area (Å²) in [5, 5.41) is 9.14. The number of nitrogens with one attached hydrogen (secondary N) is 1. The van der Waals surface area contributed by atoms with E-state index in [9.17, 15) is 13.2 Å². The molecule has 1 unspecified atom stereocenters. The fourth-order valence-electron chi connectivity index (χ4n) is 2.33. The van der Waals surface area contributed by atoms with Crippen molar-refractivity contribution in [2.24, 2.45) is 0 Å². The van der Waals surface area contributed by atoms with Crippen LogP contribution in [0.25, 0.3) is 0 Å². The second-order valence-electron chi connectivity index (χ2n) is 4.82. The van der Waals surface area contributed by atoms with Gasteiger partial charge in [-0.25, -0.2) is 0 Å². The van der Waals surface area contributed by atoms with Crippen LogP contribution in [0.3, 0.4) is 0 Å². The molecule has 1 aliphatic rings. The first-order valence-corrected chi connectivity index (χ1v) is 7.91. The molecule has 8 heteroatoms. The Balaban J connectivity index is 2.14. The summed E-state index contributed by atoms with van der Waals surface area (Å²) < 4.78 is 33.3. The van der Waals surface area contributed by atoms with Gasteiger partial charge in [-0.05, 0) is 38.3 Å². The van der Waals surface area contributed by atoms with Gasteiger partial charge >= 0.3 is 5.97 Å². The third-order valence-electron chi connectivity index (χ3n) is 3.34. The van der Waals surface area contributed by atoms with Crippen molar-refractivity contribution in [2.45, 2.75) is 38.3 Å². The summed E-state index contributed by atoms with van der Waals surface area (Å²) in [6.45, 7) is 1.87. The molecule has 1 fully saturated rings. The van der Waals surface area contributed by atoms with Gasteiger partial charge in [0.15, 0.2) is 0 Å². The Kier molecular flexibility index (Phi) is 4.46. The van der Waals surface area contributed by atoms with E-state index in [0.29, 0.717) is 18.6 Å². The topological polar surface area (TPSA) is 99.9 Å². The minimum absolute atomic E-state index is 0.219. The number of carbonyl (C=O) groups is 1. The smallest absolute Gasteiger partial charge is 0.322 e. The number of carboxylic acids is 1. The van der Waals surface area contributed by atoms with Crippen LogP contribution in [0.1, 0.15) is 38.0 Å². The van der Waals surface area contributed by atoms with Crippen molar-refractivity contribution in [1.82, 2.24) is 9.03 Å². The average Bonchev–Trinajstić information content (AvgIpc) is 2.92. The maximum absolute atomic E-state index is 12.3. The van der Waals surface area contributed by atoms with Crippen molar-refractivity contribution in [3.8, 4) is 0 Å². The van der Waals surface area contributed by atoms with Crippen molar-refractivity contribution >= 4 is 16.2 Å². The van der Waals surface area contributed by atoms with Crippen LogP contribution in [0.5, 0.6) is 0 Å². The Bertz CT molecular complexity index is 554. The predicted octanol–water partition coefficient (Wildman–Crippen LogP) is 1.11. The van der Waals surface area contributed by atoms with Gasteiger partial charge in [0, 0.05) is 6.54 Å². The van der Waals surface area contributed by atoms with Gasteiger partial charge in [-0.2, -0.15) is 17.4 Å². The standard InChI is InChI=1S/C12H18N2O5S/c1-9(11-6-4-8-19-11)13-20(17,18)14-7-3-2-5-10(14)12(15)16/h4,6,8-10,13H,2-3,5,7H2,1H3,(H,15,16)/t9-,10?/m1/s1. The molecule has 0 aliphatic carbocycles. The van der Waals surface area contributed by atoms with Crippen molar-refractivity contribution in [2.75, 3.05) is 6.54 Å². The molecule has 2 atom stereocenters. The highest BCUT2D eigenvalue weighted by atomic mass is 32.2. The van der Waals surface area contributed by atoms with Gasteiger partial charge in [-0.3, -0.25) is 4.79 Å². The Hall–Kier alpha value is -1.38. The predicted molar refractivity (Wildman–Crippen MR) is 71.2 cm³/mol. The molecule has 0 saturated carbocycles. The average molecular weight is 302 g/mol. The first-order chi connectivity index (χ1) is 9.42. The molecule has 0 bridgehead atoms. The Morgan fingerprint density at radius 3 is 2.90 bits per heavy atom. The summed E-state index contributed by atoms with van der Waals surface area (Å²) in [4.78, 5) is 11.2. The van der Waals surface area contributed by atoms with Crippen LogP contribution in [0.15, 0.2) is 22.8 Å². The van der Waals surface area contributed by atoms with E-state index in [4.69, 9.17) is 9.52 Å². The first kappa shape index (κ1) is 15.0. The lowest BCUT2D eigenvalue weighted by molar-refractivity contribution is -0.142. The molecule has 2 heterocycles. The number of rotatable bonds is 5. The van der Waals surface area contributed by atoms with Gasteiger partial charge < -0.3 is 9.52 Å². The van der Waals surface area contributed by atoms with Crippen LogP contribution >= 0.6 is 0 Å². The minimum Gasteiger partial charge on any atom is -0.480 e. The molecule has 0 aromatic carbocycles. The van der Waals surface area contributed by atoms with Gasteiger partial charge in [-0.15, -0.1) is 0 Å². The Labute approximate surface area is 117 Å². The molecule has 2 N–H and O–H groups in total. The van der Waals surface area contributed by atoms with E-state index in [1.54, 1.807) is 19.1 Å². The van der Waals surface area contributed by atoms with Crippen molar-refractivity contribution in [1.29, 1.82) is 0 Å². The van der Waals surface area contributed by atoms with Crippen LogP contribution in [0.4, 0.5) is 0 Å². The highest BCUT2D eigenvalue weighted by molar-refractivity contribution is 7.87. The number of carboxylic acid groups (broad SMARTS) is 1. The number of hydrogen-bond acceptors (Lipinski definition) is 4. The summed E-state index contributed by atoms with van der Waals surface area (Å²) in [7, 11) is -3.86. The first-order valence-electron chi connectivity index (χ1n) is 6.47. The summed E-state index contributed by atoms with van der Waals surface area (Å²) in [6, 6.07) is 1.79. The number of aliphatic carboxylic acids is 1. The van der Waals surface area contributed by atoms with Crippen LogP contribution in [0.2, 0.25) is 0 Å². The molecule has 112 valence electrons. The fourth-order valence-corrected chi connectivity index (χ4v) is 3.92. The minimum atomic E-state index is -3.86. The van der Waals surface area contributed by atoms with Crippen molar-refractivity contribution in [3.05, 3.63) is 24.2 Å². The molecule has 20 heavy (non-hydrogen) atoms. The lowest BCUT2D eigenvalue weighted by Gasteiger charge is -2.32. The van der Waals surface area contributed by atoms with Crippen LogP contribution in [-0.4, -0.2) is 36.4 Å². The monoisotopic (exact) mass is 302 g/mol. The van der Waals surface area contributed by atoms with Crippen LogP contribution < -0.4 is 4.72 Å². The third kappa shape index (κ3) is 3.20. The third-order valence-corrected chi connectivity index (χ3v) is 5.05. The highest BCUT2D eigenvalue weighted by Gasteiger charge is 2.37. The van der Waals surface area contributed by atoms with Gasteiger partial charge in [-0.1, -0.05) is 0 Å². The van der Waals surface area contributed by atoms with Crippen LogP contribution in [-0.2, 0) is 15.0 Å². The van der Waals surface area contributed by atoms with E-state index in [-0.39, 0.29) is 6.54 Å². The van der Waals surface area contributed by atoms with Crippen molar-refractivity contribution < 1.29 is 22.7 Å². The second kappa shape index (κ2) is 5.94. The van der Waals surface area contributed by atoms with Gasteiger partial charge in [0.1, 0.15) is 11.8 Å². The van der Waals surface area contributed by atoms with Crippen LogP contribution in [0, 0.1) is 0 Å². The molecular formula is C12H18N2O5S. The summed E-state index contributed by atoms with van der Waals surface area (Å²) >= 11 is 0. The van der Waals surface area contributed by atoms with E-state index in [1.807, 2.05) is 0 Å². The van der Waals surface area contributed by atoms with E-state index in [1.165, 1.54) is 6.26 Å². The van der Waals surface area contributed by atoms with E-state index >= 15 is 0 Å². The molecule has 0 radical (unpaired) electrons. The molecule has 1 aromatic rings. The second-order valence-corrected chi connectivity index (χ2v) is 6.48. The fraction of sp³-hybridized carbons (Fsp3) is 0.583. The zero-order valence-electron chi connectivity index (χ0n) is 11.2. The zero-order chi connectivity index (χ0) is 14.8. The summed E-state index contributed by atoms with van der Waals surface area (Å²) in [5.74, 6) is -0.627. The SMILES string of the molecule is C[C@@H](NS(=O)(=O)N1CCCCC1C(=O)O)c1ccco1. The largest absolute Gasteiger partial charge is 0.480 e. The van der Waals surface area contributed by atoms with Crippen molar-refractivity contribution in [3.63, 3.8) is 0 Å². The molecule has 0 amide bonds.